The topological polar surface area (TPSA) is 70.7 Å². The minimum Gasteiger partial charge on any atom is -0.377 e. The van der Waals surface area contributed by atoms with E-state index in [1.165, 1.54) is 0 Å². The van der Waals surface area contributed by atoms with Crippen molar-refractivity contribution in [2.24, 2.45) is 5.92 Å². The lowest BCUT2D eigenvalue weighted by molar-refractivity contribution is -0.149. The van der Waals surface area contributed by atoms with Crippen LogP contribution >= 0.6 is 0 Å². The second-order valence-corrected chi connectivity index (χ2v) is 5.53. The molecule has 0 aromatic heterocycles. The number of rotatable bonds is 5. The van der Waals surface area contributed by atoms with Crippen LogP contribution in [-0.2, 0) is 14.3 Å². The second kappa shape index (κ2) is 7.59. The number of ether oxygens (including phenoxy) is 1. The van der Waals surface area contributed by atoms with Crippen LogP contribution in [0.25, 0.3) is 0 Å². The van der Waals surface area contributed by atoms with Crippen LogP contribution in [0.15, 0.2) is 0 Å². The van der Waals surface area contributed by atoms with Gasteiger partial charge in [0.15, 0.2) is 0 Å². The molecule has 0 saturated carbocycles. The van der Waals surface area contributed by atoms with E-state index in [1.54, 1.807) is 4.90 Å². The van der Waals surface area contributed by atoms with Crippen molar-refractivity contribution in [3.05, 3.63) is 0 Å². The number of hydrogen-bond donors (Lipinski definition) is 2. The summed E-state index contributed by atoms with van der Waals surface area (Å²) in [7, 11) is 0. The van der Waals surface area contributed by atoms with E-state index in [1.807, 2.05) is 6.92 Å². The van der Waals surface area contributed by atoms with E-state index in [0.717, 1.165) is 25.9 Å². The Bertz CT molecular complexity index is 343. The Morgan fingerprint density at radius 3 is 3.00 bits per heavy atom. The van der Waals surface area contributed by atoms with Crippen LogP contribution < -0.4 is 10.6 Å². The van der Waals surface area contributed by atoms with Gasteiger partial charge in [0.05, 0.1) is 13.2 Å². The van der Waals surface area contributed by atoms with Crippen LogP contribution in [0.4, 0.5) is 0 Å². The predicted molar refractivity (Wildman–Crippen MR) is 75.2 cm³/mol. The first-order chi connectivity index (χ1) is 9.72. The first-order valence-electron chi connectivity index (χ1n) is 7.58. The normalized spacial score (nSPS) is 26.6. The van der Waals surface area contributed by atoms with E-state index >= 15 is 0 Å². The van der Waals surface area contributed by atoms with Crippen LogP contribution in [0.2, 0.25) is 0 Å². The van der Waals surface area contributed by atoms with E-state index in [2.05, 4.69) is 10.6 Å². The van der Waals surface area contributed by atoms with Crippen molar-refractivity contribution in [2.75, 3.05) is 39.4 Å². The Labute approximate surface area is 120 Å². The fraction of sp³-hybridized carbons (Fsp3) is 0.857. The van der Waals surface area contributed by atoms with Crippen molar-refractivity contribution in [3.8, 4) is 0 Å². The number of nitrogens with zero attached hydrogens (tertiary/aromatic N) is 1. The molecule has 2 aliphatic rings. The van der Waals surface area contributed by atoms with E-state index in [0.29, 0.717) is 38.6 Å². The van der Waals surface area contributed by atoms with Crippen molar-refractivity contribution in [1.29, 1.82) is 0 Å². The third-order valence-electron chi connectivity index (χ3n) is 3.93. The fourth-order valence-corrected chi connectivity index (χ4v) is 2.74. The van der Waals surface area contributed by atoms with Gasteiger partial charge in [0, 0.05) is 19.5 Å². The van der Waals surface area contributed by atoms with Gasteiger partial charge in [0.2, 0.25) is 11.8 Å². The first kappa shape index (κ1) is 15.3. The summed E-state index contributed by atoms with van der Waals surface area (Å²) >= 11 is 0. The van der Waals surface area contributed by atoms with Crippen LogP contribution in [0.3, 0.4) is 0 Å². The van der Waals surface area contributed by atoms with Gasteiger partial charge in [-0.05, 0) is 31.8 Å². The number of carbonyl (C=O) groups is 2. The predicted octanol–water partition coefficient (Wildman–Crippen LogP) is -0.260. The van der Waals surface area contributed by atoms with Crippen molar-refractivity contribution < 1.29 is 14.3 Å². The average Bonchev–Trinajstić information content (AvgIpc) is 2.97. The van der Waals surface area contributed by atoms with Crippen LogP contribution in [-0.4, -0.2) is 62.1 Å². The van der Waals surface area contributed by atoms with E-state index in [-0.39, 0.29) is 11.8 Å². The maximum absolute atomic E-state index is 12.4. The molecule has 2 unspecified atom stereocenters. The summed E-state index contributed by atoms with van der Waals surface area (Å²) in [5, 5.41) is 6.12. The van der Waals surface area contributed by atoms with Crippen molar-refractivity contribution in [2.45, 2.75) is 32.2 Å². The smallest absolute Gasteiger partial charge is 0.245 e. The molecule has 0 bridgehead atoms. The zero-order valence-corrected chi connectivity index (χ0v) is 12.2. The summed E-state index contributed by atoms with van der Waals surface area (Å²) < 4.78 is 5.37. The summed E-state index contributed by atoms with van der Waals surface area (Å²) in [6, 6.07) is -0.461. The molecule has 6 heteroatoms. The molecule has 2 amide bonds. The lowest BCUT2D eigenvalue weighted by Crippen LogP contribution is -2.56. The highest BCUT2D eigenvalue weighted by molar-refractivity contribution is 5.88. The van der Waals surface area contributed by atoms with Crippen LogP contribution in [0.5, 0.6) is 0 Å². The second-order valence-electron chi connectivity index (χ2n) is 5.53. The van der Waals surface area contributed by atoms with Crippen LogP contribution in [0.1, 0.15) is 26.2 Å². The molecule has 114 valence electrons. The molecule has 2 aliphatic heterocycles. The average molecular weight is 283 g/mol. The Kier molecular flexibility index (Phi) is 5.79. The minimum atomic E-state index is -0.461. The van der Waals surface area contributed by atoms with Gasteiger partial charge in [0.1, 0.15) is 6.04 Å². The molecule has 2 N–H and O–H groups in total. The van der Waals surface area contributed by atoms with Crippen molar-refractivity contribution >= 4 is 11.8 Å². The molecular formula is C14H25N3O3. The molecule has 20 heavy (non-hydrogen) atoms. The molecule has 2 rings (SSSR count). The van der Waals surface area contributed by atoms with Gasteiger partial charge >= 0.3 is 0 Å². The monoisotopic (exact) mass is 283 g/mol. The molecule has 0 radical (unpaired) electrons. The number of morpholine rings is 1. The molecule has 6 nitrogen and oxygen atoms in total. The Morgan fingerprint density at radius 2 is 2.30 bits per heavy atom. The van der Waals surface area contributed by atoms with E-state index < -0.39 is 6.04 Å². The lowest BCUT2D eigenvalue weighted by Gasteiger charge is -2.35. The standard InChI is InChI=1S/C14H25N3O3/c1-2-4-16-14(19)12-10-20-7-6-17(12)13(18)8-11-3-5-15-9-11/h11-12,15H,2-10H2,1H3,(H,16,19). The molecule has 2 saturated heterocycles. The number of amides is 2. The maximum Gasteiger partial charge on any atom is 0.245 e. The molecule has 0 aromatic rings. The zero-order valence-electron chi connectivity index (χ0n) is 12.2. The molecule has 2 atom stereocenters. The Morgan fingerprint density at radius 1 is 1.45 bits per heavy atom. The van der Waals surface area contributed by atoms with Gasteiger partial charge < -0.3 is 20.3 Å². The Hall–Kier alpha value is -1.14. The minimum absolute atomic E-state index is 0.0821. The number of nitrogens with one attached hydrogen (secondary N) is 2. The molecule has 2 heterocycles. The van der Waals surface area contributed by atoms with Gasteiger partial charge in [-0.1, -0.05) is 6.92 Å². The van der Waals surface area contributed by atoms with E-state index in [4.69, 9.17) is 4.74 Å². The summed E-state index contributed by atoms with van der Waals surface area (Å²) in [5.74, 6) is 0.396. The first-order valence-corrected chi connectivity index (χ1v) is 7.58. The number of hydrogen-bond acceptors (Lipinski definition) is 4. The summed E-state index contributed by atoms with van der Waals surface area (Å²) in [6.07, 6.45) is 2.47. The van der Waals surface area contributed by atoms with Crippen LogP contribution in [0, 0.1) is 5.92 Å². The van der Waals surface area contributed by atoms with Gasteiger partial charge in [-0.3, -0.25) is 9.59 Å². The van der Waals surface area contributed by atoms with Gasteiger partial charge in [-0.25, -0.2) is 0 Å². The lowest BCUT2D eigenvalue weighted by atomic mass is 10.0. The Balaban J connectivity index is 1.91. The third kappa shape index (κ3) is 3.93. The summed E-state index contributed by atoms with van der Waals surface area (Å²) in [6.45, 7) is 5.89. The van der Waals surface area contributed by atoms with Gasteiger partial charge in [0.25, 0.3) is 0 Å². The third-order valence-corrected chi connectivity index (χ3v) is 3.93. The summed E-state index contributed by atoms with van der Waals surface area (Å²) in [4.78, 5) is 26.2. The van der Waals surface area contributed by atoms with E-state index in [9.17, 15) is 9.59 Å². The maximum atomic E-state index is 12.4. The highest BCUT2D eigenvalue weighted by atomic mass is 16.5. The molecule has 0 aromatic carbocycles. The quantitative estimate of drug-likeness (QED) is 0.729. The highest BCUT2D eigenvalue weighted by Crippen LogP contribution is 2.17. The molecule has 0 aliphatic carbocycles. The van der Waals surface area contributed by atoms with Crippen molar-refractivity contribution in [3.63, 3.8) is 0 Å². The van der Waals surface area contributed by atoms with Crippen molar-refractivity contribution in [1.82, 2.24) is 15.5 Å². The van der Waals surface area contributed by atoms with Gasteiger partial charge in [-0.15, -0.1) is 0 Å². The SMILES string of the molecule is CCCNC(=O)C1COCCN1C(=O)CC1CCNC1. The fourth-order valence-electron chi connectivity index (χ4n) is 2.74. The van der Waals surface area contributed by atoms with Gasteiger partial charge in [-0.2, -0.15) is 0 Å². The molecular weight excluding hydrogens is 258 g/mol. The largest absolute Gasteiger partial charge is 0.377 e. The number of carbonyl (C=O) groups excluding carboxylic acids is 2. The molecule has 0 spiro atoms. The summed E-state index contributed by atoms with van der Waals surface area (Å²) in [5.41, 5.74) is 0. The zero-order chi connectivity index (χ0) is 14.4. The molecule has 2 fully saturated rings. The highest BCUT2D eigenvalue weighted by Gasteiger charge is 2.33.